The predicted molar refractivity (Wildman–Crippen MR) is 69.6 cm³/mol. The molecule has 1 amide bonds. The number of amides is 1. The summed E-state index contributed by atoms with van der Waals surface area (Å²) in [6, 6.07) is -0.339. The molecule has 0 aromatic rings. The minimum Gasteiger partial charge on any atom is -0.467 e. The van der Waals surface area contributed by atoms with Crippen LogP contribution in [0.3, 0.4) is 0 Å². The maximum absolute atomic E-state index is 12.3. The minimum absolute atomic E-state index is 0.138. The van der Waals surface area contributed by atoms with Crippen LogP contribution < -0.4 is 0 Å². The molecule has 2 rings (SSSR count). The molecule has 2 aliphatic rings. The third kappa shape index (κ3) is 2.85. The first kappa shape index (κ1) is 14.2. The predicted octanol–water partition coefficient (Wildman–Crippen LogP) is 2.34. The van der Waals surface area contributed by atoms with E-state index in [1.54, 1.807) is 4.90 Å². The lowest BCUT2D eigenvalue weighted by molar-refractivity contribution is -0.146. The van der Waals surface area contributed by atoms with Gasteiger partial charge in [0.05, 0.1) is 7.11 Å². The maximum Gasteiger partial charge on any atom is 0.411 e. The van der Waals surface area contributed by atoms with E-state index in [0.29, 0.717) is 12.3 Å². The van der Waals surface area contributed by atoms with Gasteiger partial charge in [-0.2, -0.15) is 0 Å². The highest BCUT2D eigenvalue weighted by Gasteiger charge is 2.50. The van der Waals surface area contributed by atoms with Crippen LogP contribution in [0.5, 0.6) is 0 Å². The molecular weight excluding hydrogens is 246 g/mol. The number of fused-ring (bicyclic) bond motifs is 1. The van der Waals surface area contributed by atoms with Crippen LogP contribution in [0.1, 0.15) is 46.5 Å². The summed E-state index contributed by atoms with van der Waals surface area (Å²) in [5.74, 6) is 0.0804. The molecule has 0 aromatic heterocycles. The highest BCUT2D eigenvalue weighted by Crippen LogP contribution is 2.42. The normalized spacial score (nSPS) is 30.1. The van der Waals surface area contributed by atoms with E-state index >= 15 is 0 Å². The second kappa shape index (κ2) is 5.02. The van der Waals surface area contributed by atoms with Crippen LogP contribution >= 0.6 is 0 Å². The van der Waals surface area contributed by atoms with Crippen molar-refractivity contribution in [3.8, 4) is 0 Å². The van der Waals surface area contributed by atoms with Crippen molar-refractivity contribution >= 4 is 12.1 Å². The number of esters is 1. The van der Waals surface area contributed by atoms with Crippen molar-refractivity contribution in [1.82, 2.24) is 4.90 Å². The molecule has 0 bridgehead atoms. The maximum atomic E-state index is 12.3. The summed E-state index contributed by atoms with van der Waals surface area (Å²) in [7, 11) is 1.36. The molecule has 3 unspecified atom stereocenters. The number of rotatable bonds is 1. The fourth-order valence-electron chi connectivity index (χ4n) is 3.21. The van der Waals surface area contributed by atoms with E-state index in [0.717, 1.165) is 19.3 Å². The molecule has 19 heavy (non-hydrogen) atoms. The lowest BCUT2D eigenvalue weighted by Crippen LogP contribution is -2.47. The summed E-state index contributed by atoms with van der Waals surface area (Å²) in [6.45, 7) is 5.50. The smallest absolute Gasteiger partial charge is 0.411 e. The van der Waals surface area contributed by atoms with E-state index in [9.17, 15) is 9.59 Å². The topological polar surface area (TPSA) is 55.8 Å². The third-order valence-electron chi connectivity index (χ3n) is 3.92. The molecule has 0 radical (unpaired) electrons. The molecule has 0 aromatic carbocycles. The van der Waals surface area contributed by atoms with E-state index in [1.165, 1.54) is 7.11 Å². The van der Waals surface area contributed by atoms with Crippen LogP contribution in [0, 0.1) is 5.92 Å². The van der Waals surface area contributed by atoms with Crippen LogP contribution in [0.2, 0.25) is 0 Å². The quantitative estimate of drug-likeness (QED) is 0.686. The van der Waals surface area contributed by atoms with Crippen LogP contribution in [0.15, 0.2) is 0 Å². The fourth-order valence-corrected chi connectivity index (χ4v) is 3.21. The van der Waals surface area contributed by atoms with Crippen LogP contribution in [-0.4, -0.2) is 41.8 Å². The summed E-state index contributed by atoms with van der Waals surface area (Å²) in [5, 5.41) is 0. The zero-order valence-electron chi connectivity index (χ0n) is 12.1. The van der Waals surface area contributed by atoms with Gasteiger partial charge in [0.2, 0.25) is 0 Å². The number of carbonyl (C=O) groups is 2. The molecule has 108 valence electrons. The second-order valence-corrected chi connectivity index (χ2v) is 6.42. The Morgan fingerprint density at radius 1 is 1.21 bits per heavy atom. The highest BCUT2D eigenvalue weighted by atomic mass is 16.6. The van der Waals surface area contributed by atoms with Crippen LogP contribution in [0.4, 0.5) is 4.79 Å². The first-order valence-corrected chi connectivity index (χ1v) is 6.92. The second-order valence-electron chi connectivity index (χ2n) is 6.42. The third-order valence-corrected chi connectivity index (χ3v) is 3.92. The van der Waals surface area contributed by atoms with Gasteiger partial charge in [-0.1, -0.05) is 6.42 Å². The standard InChI is InChI=1S/C14H23NO4/c1-14(2,3)19-13(17)15-10-7-5-6-9(10)8-11(15)12(16)18-4/h9-11H,5-8H2,1-4H3. The molecule has 1 saturated carbocycles. The number of carbonyl (C=O) groups excluding carboxylic acids is 2. The molecule has 2 fully saturated rings. The molecule has 1 aliphatic carbocycles. The van der Waals surface area contributed by atoms with Gasteiger partial charge in [0.25, 0.3) is 0 Å². The van der Waals surface area contributed by atoms with E-state index < -0.39 is 17.7 Å². The van der Waals surface area contributed by atoms with Crippen molar-refractivity contribution in [3.05, 3.63) is 0 Å². The Hall–Kier alpha value is -1.26. The summed E-state index contributed by atoms with van der Waals surface area (Å²) < 4.78 is 10.3. The average molecular weight is 269 g/mol. The average Bonchev–Trinajstić information content (AvgIpc) is 2.84. The number of ether oxygens (including phenoxy) is 2. The van der Waals surface area contributed by atoms with Crippen LogP contribution in [-0.2, 0) is 14.3 Å². The van der Waals surface area contributed by atoms with E-state index in [1.807, 2.05) is 20.8 Å². The van der Waals surface area contributed by atoms with Gasteiger partial charge in [0.1, 0.15) is 11.6 Å². The van der Waals surface area contributed by atoms with Gasteiger partial charge >= 0.3 is 12.1 Å². The minimum atomic E-state index is -0.547. The molecular formula is C14H23NO4. The molecule has 0 N–H and O–H groups in total. The van der Waals surface area contributed by atoms with Gasteiger partial charge in [-0.05, 0) is 46.0 Å². The number of nitrogens with zero attached hydrogens (tertiary/aromatic N) is 1. The van der Waals surface area contributed by atoms with Gasteiger partial charge in [0, 0.05) is 6.04 Å². The Morgan fingerprint density at radius 3 is 2.47 bits per heavy atom. The summed E-state index contributed by atoms with van der Waals surface area (Å²) >= 11 is 0. The number of methoxy groups -OCH3 is 1. The molecule has 1 heterocycles. The van der Waals surface area contributed by atoms with Crippen molar-refractivity contribution in [1.29, 1.82) is 0 Å². The van der Waals surface area contributed by atoms with Crippen molar-refractivity contribution in [2.75, 3.05) is 7.11 Å². The van der Waals surface area contributed by atoms with Crippen molar-refractivity contribution in [2.24, 2.45) is 5.92 Å². The molecule has 1 aliphatic heterocycles. The first-order chi connectivity index (χ1) is 8.83. The number of hydrogen-bond donors (Lipinski definition) is 0. The van der Waals surface area contributed by atoms with Gasteiger partial charge in [0.15, 0.2) is 0 Å². The summed E-state index contributed by atoms with van der Waals surface area (Å²) in [4.78, 5) is 25.8. The Bertz CT molecular complexity index is 374. The Kier molecular flexibility index (Phi) is 3.74. The lowest BCUT2D eigenvalue weighted by atomic mass is 10.0. The van der Waals surface area contributed by atoms with E-state index in [2.05, 4.69) is 0 Å². The van der Waals surface area contributed by atoms with Gasteiger partial charge < -0.3 is 9.47 Å². The Balaban J connectivity index is 2.17. The molecule has 5 nitrogen and oxygen atoms in total. The number of likely N-dealkylation sites (tertiary alicyclic amines) is 1. The van der Waals surface area contributed by atoms with E-state index in [-0.39, 0.29) is 12.0 Å². The van der Waals surface area contributed by atoms with Gasteiger partial charge in [-0.3, -0.25) is 4.90 Å². The number of hydrogen-bond acceptors (Lipinski definition) is 4. The van der Waals surface area contributed by atoms with Gasteiger partial charge in [-0.15, -0.1) is 0 Å². The Morgan fingerprint density at radius 2 is 1.89 bits per heavy atom. The monoisotopic (exact) mass is 269 g/mol. The molecule has 5 heteroatoms. The van der Waals surface area contributed by atoms with Crippen molar-refractivity contribution in [3.63, 3.8) is 0 Å². The zero-order valence-corrected chi connectivity index (χ0v) is 12.1. The van der Waals surface area contributed by atoms with Crippen molar-refractivity contribution in [2.45, 2.75) is 64.1 Å². The first-order valence-electron chi connectivity index (χ1n) is 6.92. The molecule has 0 spiro atoms. The highest BCUT2D eigenvalue weighted by molar-refractivity contribution is 5.82. The zero-order chi connectivity index (χ0) is 14.2. The largest absolute Gasteiger partial charge is 0.467 e. The summed E-state index contributed by atoms with van der Waals surface area (Å²) in [5.41, 5.74) is -0.547. The van der Waals surface area contributed by atoms with E-state index in [4.69, 9.17) is 9.47 Å². The Labute approximate surface area is 114 Å². The van der Waals surface area contributed by atoms with Gasteiger partial charge in [-0.25, -0.2) is 9.59 Å². The lowest BCUT2D eigenvalue weighted by Gasteiger charge is -2.31. The van der Waals surface area contributed by atoms with Crippen molar-refractivity contribution < 1.29 is 19.1 Å². The molecule has 3 atom stereocenters. The fraction of sp³-hybridized carbons (Fsp3) is 0.857. The summed E-state index contributed by atoms with van der Waals surface area (Å²) in [6.07, 6.45) is 3.46. The molecule has 1 saturated heterocycles. The van der Waals surface area contributed by atoms with Crippen LogP contribution in [0.25, 0.3) is 0 Å². The SMILES string of the molecule is COC(=O)C1CC2CCCC2N1C(=O)OC(C)(C)C.